The topological polar surface area (TPSA) is 32.3 Å². The summed E-state index contributed by atoms with van der Waals surface area (Å²) in [4.78, 5) is 0. The Morgan fingerprint density at radius 3 is 2.40 bits per heavy atom. The van der Waals surface area contributed by atoms with Crippen LogP contribution < -0.4 is 5.32 Å². The van der Waals surface area contributed by atoms with Crippen molar-refractivity contribution in [2.24, 2.45) is 11.8 Å². The molecule has 2 heteroatoms. The number of aliphatic hydroxyl groups is 1. The lowest BCUT2D eigenvalue weighted by atomic mass is 9.74. The molecule has 2 N–H and O–H groups in total. The van der Waals surface area contributed by atoms with Gasteiger partial charge in [-0.3, -0.25) is 0 Å². The van der Waals surface area contributed by atoms with Gasteiger partial charge < -0.3 is 10.4 Å². The third kappa shape index (κ3) is 4.12. The van der Waals surface area contributed by atoms with Crippen LogP contribution in [0.15, 0.2) is 0 Å². The van der Waals surface area contributed by atoms with Gasteiger partial charge in [-0.15, -0.1) is 0 Å². The Bertz CT molecular complexity index is 171. The van der Waals surface area contributed by atoms with Crippen molar-refractivity contribution in [1.29, 1.82) is 0 Å². The van der Waals surface area contributed by atoms with Gasteiger partial charge in [0.15, 0.2) is 0 Å². The van der Waals surface area contributed by atoms with Gasteiger partial charge in [-0.25, -0.2) is 0 Å². The van der Waals surface area contributed by atoms with Crippen molar-refractivity contribution in [3.05, 3.63) is 0 Å². The van der Waals surface area contributed by atoms with Crippen molar-refractivity contribution in [3.63, 3.8) is 0 Å². The predicted octanol–water partition coefficient (Wildman–Crippen LogP) is 2.56. The molecule has 90 valence electrons. The largest absolute Gasteiger partial charge is 0.389 e. The molecule has 0 amide bonds. The maximum Gasteiger partial charge on any atom is 0.0771 e. The molecular formula is C13H27NO. The number of nitrogens with one attached hydrogen (secondary N) is 1. The molecule has 2 nitrogen and oxygen atoms in total. The molecular weight excluding hydrogens is 186 g/mol. The second-order valence-corrected chi connectivity index (χ2v) is 5.49. The maximum absolute atomic E-state index is 10.4. The monoisotopic (exact) mass is 213 g/mol. The summed E-state index contributed by atoms with van der Waals surface area (Å²) in [7, 11) is 0. The molecule has 1 saturated carbocycles. The van der Waals surface area contributed by atoms with Crippen LogP contribution in [0, 0.1) is 11.8 Å². The number of hydrogen-bond acceptors (Lipinski definition) is 2. The van der Waals surface area contributed by atoms with E-state index in [9.17, 15) is 5.11 Å². The normalized spacial score (nSPS) is 31.2. The predicted molar refractivity (Wildman–Crippen MR) is 64.9 cm³/mol. The van der Waals surface area contributed by atoms with Gasteiger partial charge in [0.25, 0.3) is 0 Å². The van der Waals surface area contributed by atoms with E-state index in [-0.39, 0.29) is 0 Å². The molecule has 0 radical (unpaired) electrons. The molecule has 0 saturated heterocycles. The lowest BCUT2D eigenvalue weighted by molar-refractivity contribution is -0.0199. The fourth-order valence-electron chi connectivity index (χ4n) is 2.54. The van der Waals surface area contributed by atoms with Gasteiger partial charge in [0.1, 0.15) is 0 Å². The summed E-state index contributed by atoms with van der Waals surface area (Å²) in [5.74, 6) is 1.36. The fourth-order valence-corrected chi connectivity index (χ4v) is 2.54. The van der Waals surface area contributed by atoms with Crippen LogP contribution in [0.2, 0.25) is 0 Å². The lowest BCUT2D eigenvalue weighted by Crippen LogP contribution is -2.45. The summed E-state index contributed by atoms with van der Waals surface area (Å²) >= 11 is 0. The zero-order valence-corrected chi connectivity index (χ0v) is 10.6. The molecule has 1 fully saturated rings. The fraction of sp³-hybridized carbons (Fsp3) is 1.00. The SMILES string of the molecule is CCCNCC(C)(O)C1CCC(C)CC1. The molecule has 0 aromatic carbocycles. The highest BCUT2D eigenvalue weighted by Gasteiger charge is 2.33. The highest BCUT2D eigenvalue weighted by Crippen LogP contribution is 2.34. The van der Waals surface area contributed by atoms with Crippen LogP contribution in [0.4, 0.5) is 0 Å². The second-order valence-electron chi connectivity index (χ2n) is 5.49. The van der Waals surface area contributed by atoms with Crippen LogP contribution in [-0.4, -0.2) is 23.8 Å². The van der Waals surface area contributed by atoms with Gasteiger partial charge in [-0.1, -0.05) is 26.7 Å². The van der Waals surface area contributed by atoms with Gasteiger partial charge in [0.2, 0.25) is 0 Å². The van der Waals surface area contributed by atoms with E-state index in [0.717, 1.165) is 25.4 Å². The molecule has 1 rings (SSSR count). The van der Waals surface area contributed by atoms with Crippen LogP contribution >= 0.6 is 0 Å². The summed E-state index contributed by atoms with van der Waals surface area (Å²) in [5, 5.41) is 13.7. The Balaban J connectivity index is 2.32. The summed E-state index contributed by atoms with van der Waals surface area (Å²) in [5.41, 5.74) is -0.505. The van der Waals surface area contributed by atoms with Crippen LogP contribution in [0.25, 0.3) is 0 Å². The van der Waals surface area contributed by atoms with Crippen LogP contribution in [-0.2, 0) is 0 Å². The minimum atomic E-state index is -0.505. The zero-order chi connectivity index (χ0) is 11.3. The molecule has 0 aliphatic heterocycles. The van der Waals surface area contributed by atoms with E-state index in [1.807, 2.05) is 6.92 Å². The van der Waals surface area contributed by atoms with Crippen molar-refractivity contribution in [3.8, 4) is 0 Å². The van der Waals surface area contributed by atoms with E-state index in [4.69, 9.17) is 0 Å². The van der Waals surface area contributed by atoms with E-state index >= 15 is 0 Å². The van der Waals surface area contributed by atoms with E-state index < -0.39 is 5.60 Å². The molecule has 0 bridgehead atoms. The molecule has 0 aromatic rings. The van der Waals surface area contributed by atoms with Crippen molar-refractivity contribution in [2.45, 2.75) is 58.5 Å². The minimum Gasteiger partial charge on any atom is -0.389 e. The van der Waals surface area contributed by atoms with E-state index in [0.29, 0.717) is 5.92 Å². The second kappa shape index (κ2) is 5.86. The first-order valence-corrected chi connectivity index (χ1v) is 6.49. The van der Waals surface area contributed by atoms with Crippen molar-refractivity contribution < 1.29 is 5.11 Å². The quantitative estimate of drug-likeness (QED) is 0.688. The van der Waals surface area contributed by atoms with Crippen LogP contribution in [0.5, 0.6) is 0 Å². The lowest BCUT2D eigenvalue weighted by Gasteiger charge is -2.37. The number of hydrogen-bond donors (Lipinski definition) is 2. The molecule has 0 heterocycles. The van der Waals surface area contributed by atoms with Gasteiger partial charge in [-0.05, 0) is 44.6 Å². The summed E-state index contributed by atoms with van der Waals surface area (Å²) in [6.45, 7) is 8.24. The minimum absolute atomic E-state index is 0.498. The Morgan fingerprint density at radius 1 is 1.27 bits per heavy atom. The first kappa shape index (κ1) is 13.0. The van der Waals surface area contributed by atoms with Gasteiger partial charge >= 0.3 is 0 Å². The van der Waals surface area contributed by atoms with Crippen molar-refractivity contribution in [1.82, 2.24) is 5.32 Å². The molecule has 0 spiro atoms. The van der Waals surface area contributed by atoms with Crippen molar-refractivity contribution in [2.75, 3.05) is 13.1 Å². The van der Waals surface area contributed by atoms with E-state index in [2.05, 4.69) is 19.2 Å². The molecule has 15 heavy (non-hydrogen) atoms. The van der Waals surface area contributed by atoms with E-state index in [1.54, 1.807) is 0 Å². The maximum atomic E-state index is 10.4. The zero-order valence-electron chi connectivity index (χ0n) is 10.6. The molecule has 1 aliphatic carbocycles. The molecule has 0 aromatic heterocycles. The molecule has 1 atom stereocenters. The van der Waals surface area contributed by atoms with E-state index in [1.165, 1.54) is 25.7 Å². The highest BCUT2D eigenvalue weighted by atomic mass is 16.3. The molecule has 1 unspecified atom stereocenters. The Hall–Kier alpha value is -0.0800. The Morgan fingerprint density at radius 2 is 1.87 bits per heavy atom. The summed E-state index contributed by atoms with van der Waals surface area (Å²) < 4.78 is 0. The first-order valence-electron chi connectivity index (χ1n) is 6.49. The van der Waals surface area contributed by atoms with Crippen molar-refractivity contribution >= 4 is 0 Å². The van der Waals surface area contributed by atoms with Crippen LogP contribution in [0.3, 0.4) is 0 Å². The third-order valence-corrected chi connectivity index (χ3v) is 3.81. The smallest absolute Gasteiger partial charge is 0.0771 e. The third-order valence-electron chi connectivity index (χ3n) is 3.81. The first-order chi connectivity index (χ1) is 7.06. The highest BCUT2D eigenvalue weighted by molar-refractivity contribution is 4.87. The van der Waals surface area contributed by atoms with Gasteiger partial charge in [0.05, 0.1) is 5.60 Å². The average molecular weight is 213 g/mol. The standard InChI is InChI=1S/C13H27NO/c1-4-9-14-10-13(3,15)12-7-5-11(2)6-8-12/h11-12,14-15H,4-10H2,1-3H3. The van der Waals surface area contributed by atoms with Gasteiger partial charge in [0, 0.05) is 6.54 Å². The van der Waals surface area contributed by atoms with Crippen LogP contribution in [0.1, 0.15) is 52.9 Å². The average Bonchev–Trinajstić information content (AvgIpc) is 2.18. The Labute approximate surface area is 94.5 Å². The molecule has 1 aliphatic rings. The van der Waals surface area contributed by atoms with Gasteiger partial charge in [-0.2, -0.15) is 0 Å². The summed E-state index contributed by atoms with van der Waals surface area (Å²) in [6, 6.07) is 0. The summed E-state index contributed by atoms with van der Waals surface area (Å²) in [6.07, 6.45) is 6.10. The Kier molecular flexibility index (Phi) is 5.07. The number of rotatable bonds is 5.